The summed E-state index contributed by atoms with van der Waals surface area (Å²) in [6, 6.07) is 12.2. The summed E-state index contributed by atoms with van der Waals surface area (Å²) in [6.07, 6.45) is 0.561. The van der Waals surface area contributed by atoms with Crippen molar-refractivity contribution in [3.63, 3.8) is 0 Å². The summed E-state index contributed by atoms with van der Waals surface area (Å²) in [5.41, 5.74) is 1.27. The molecular formula is C20H22F2N2O2. The van der Waals surface area contributed by atoms with Gasteiger partial charge in [0.1, 0.15) is 11.6 Å². The number of hydrogen-bond acceptors (Lipinski definition) is 2. The average Bonchev–Trinajstić information content (AvgIpc) is 2.61. The zero-order valence-corrected chi connectivity index (χ0v) is 14.7. The molecule has 0 saturated heterocycles. The van der Waals surface area contributed by atoms with Gasteiger partial charge in [0.25, 0.3) is 0 Å². The summed E-state index contributed by atoms with van der Waals surface area (Å²) in [4.78, 5) is 25.2. The second-order valence-electron chi connectivity index (χ2n) is 6.00. The number of carbonyl (C=O) groups excluding carboxylic acids is 2. The lowest BCUT2D eigenvalue weighted by atomic mass is 10.1. The summed E-state index contributed by atoms with van der Waals surface area (Å²) in [6.45, 7) is 2.47. The number of carbonyl (C=O) groups is 2. The maximum atomic E-state index is 13.6. The summed E-state index contributed by atoms with van der Waals surface area (Å²) < 4.78 is 26.5. The highest BCUT2D eigenvalue weighted by Crippen LogP contribution is 2.08. The molecule has 2 aromatic carbocycles. The van der Waals surface area contributed by atoms with Crippen LogP contribution in [0.15, 0.2) is 48.5 Å². The fourth-order valence-electron chi connectivity index (χ4n) is 2.56. The van der Waals surface area contributed by atoms with Crippen molar-refractivity contribution < 1.29 is 18.4 Å². The smallest absolute Gasteiger partial charge is 0.224 e. The van der Waals surface area contributed by atoms with Crippen molar-refractivity contribution in [2.75, 3.05) is 19.6 Å². The molecule has 4 nitrogen and oxygen atoms in total. The normalized spacial score (nSPS) is 10.4. The van der Waals surface area contributed by atoms with Crippen LogP contribution in [0.1, 0.15) is 18.1 Å². The van der Waals surface area contributed by atoms with Crippen LogP contribution < -0.4 is 5.32 Å². The van der Waals surface area contributed by atoms with E-state index in [1.54, 1.807) is 35.2 Å². The topological polar surface area (TPSA) is 49.4 Å². The Kier molecular flexibility index (Phi) is 7.26. The van der Waals surface area contributed by atoms with Crippen LogP contribution in [0.5, 0.6) is 0 Å². The molecule has 1 N–H and O–H groups in total. The average molecular weight is 360 g/mol. The molecule has 26 heavy (non-hydrogen) atoms. The monoisotopic (exact) mass is 360 g/mol. The van der Waals surface area contributed by atoms with Crippen molar-refractivity contribution in [1.82, 2.24) is 10.2 Å². The Labute approximate surface area is 151 Å². The number of halogens is 2. The molecule has 6 heteroatoms. The maximum Gasteiger partial charge on any atom is 0.224 e. The Morgan fingerprint density at radius 2 is 1.69 bits per heavy atom. The quantitative estimate of drug-likeness (QED) is 0.787. The molecule has 0 aliphatic carbocycles. The lowest BCUT2D eigenvalue weighted by Gasteiger charge is -2.21. The minimum Gasteiger partial charge on any atom is -0.354 e. The van der Waals surface area contributed by atoms with Crippen molar-refractivity contribution in [2.24, 2.45) is 0 Å². The highest BCUT2D eigenvalue weighted by atomic mass is 19.1. The fraction of sp³-hybridized carbons (Fsp3) is 0.300. The first-order valence-corrected chi connectivity index (χ1v) is 8.46. The Morgan fingerprint density at radius 3 is 2.35 bits per heavy atom. The SMILES string of the molecule is CC(=O)N(CCNC(=O)Cc1ccc(F)cc1)CCc1ccccc1F. The van der Waals surface area contributed by atoms with Gasteiger partial charge in [-0.2, -0.15) is 0 Å². The molecule has 0 aliphatic heterocycles. The predicted octanol–water partition coefficient (Wildman–Crippen LogP) is 2.71. The van der Waals surface area contributed by atoms with E-state index < -0.39 is 0 Å². The third-order valence-electron chi connectivity index (χ3n) is 4.04. The van der Waals surface area contributed by atoms with E-state index in [0.717, 1.165) is 0 Å². The van der Waals surface area contributed by atoms with Gasteiger partial charge in [0.05, 0.1) is 6.42 Å². The van der Waals surface area contributed by atoms with Crippen LogP contribution in [0, 0.1) is 11.6 Å². The Hall–Kier alpha value is -2.76. The second-order valence-corrected chi connectivity index (χ2v) is 6.00. The largest absolute Gasteiger partial charge is 0.354 e. The highest BCUT2D eigenvalue weighted by molar-refractivity contribution is 5.78. The molecule has 0 fully saturated rings. The standard InChI is InChI=1S/C20H22F2N2O2/c1-15(25)24(12-10-17-4-2-3-5-19(17)22)13-11-23-20(26)14-16-6-8-18(21)9-7-16/h2-9H,10-14H2,1H3,(H,23,26). The lowest BCUT2D eigenvalue weighted by molar-refractivity contribution is -0.129. The summed E-state index contributed by atoms with van der Waals surface area (Å²) >= 11 is 0. The van der Waals surface area contributed by atoms with Gasteiger partial charge >= 0.3 is 0 Å². The third kappa shape index (κ3) is 6.27. The first kappa shape index (κ1) is 19.6. The van der Waals surface area contributed by atoms with Crippen LogP contribution in [0.2, 0.25) is 0 Å². The van der Waals surface area contributed by atoms with Crippen LogP contribution >= 0.6 is 0 Å². The molecule has 2 amide bonds. The highest BCUT2D eigenvalue weighted by Gasteiger charge is 2.11. The van der Waals surface area contributed by atoms with Gasteiger partial charge in [0.2, 0.25) is 11.8 Å². The number of rotatable bonds is 8. The van der Waals surface area contributed by atoms with Crippen LogP contribution in [-0.4, -0.2) is 36.3 Å². The Balaban J connectivity index is 1.77. The summed E-state index contributed by atoms with van der Waals surface area (Å²) in [5.74, 6) is -0.965. The van der Waals surface area contributed by atoms with Gasteiger partial charge < -0.3 is 10.2 Å². The number of nitrogens with zero attached hydrogens (tertiary/aromatic N) is 1. The van der Waals surface area contributed by atoms with E-state index in [4.69, 9.17) is 0 Å². The van der Waals surface area contributed by atoms with Crippen molar-refractivity contribution in [1.29, 1.82) is 0 Å². The molecule has 0 radical (unpaired) electrons. The molecule has 0 unspecified atom stereocenters. The van der Waals surface area contributed by atoms with Crippen LogP contribution in [0.4, 0.5) is 8.78 Å². The molecule has 0 bridgehead atoms. The van der Waals surface area contributed by atoms with E-state index in [-0.39, 0.29) is 29.9 Å². The van der Waals surface area contributed by atoms with Crippen molar-refractivity contribution in [2.45, 2.75) is 19.8 Å². The third-order valence-corrected chi connectivity index (χ3v) is 4.04. The molecule has 2 aromatic rings. The van der Waals surface area contributed by atoms with Crippen molar-refractivity contribution in [3.8, 4) is 0 Å². The van der Waals surface area contributed by atoms with E-state index in [0.29, 0.717) is 37.2 Å². The first-order chi connectivity index (χ1) is 12.5. The molecule has 0 atom stereocenters. The van der Waals surface area contributed by atoms with Gasteiger partial charge in [-0.3, -0.25) is 9.59 Å². The maximum absolute atomic E-state index is 13.6. The molecule has 2 rings (SSSR count). The predicted molar refractivity (Wildman–Crippen MR) is 95.5 cm³/mol. The van der Waals surface area contributed by atoms with E-state index in [1.165, 1.54) is 25.1 Å². The van der Waals surface area contributed by atoms with Crippen molar-refractivity contribution in [3.05, 3.63) is 71.3 Å². The van der Waals surface area contributed by atoms with Gasteiger partial charge in [-0.05, 0) is 35.7 Å². The van der Waals surface area contributed by atoms with Gasteiger partial charge in [-0.1, -0.05) is 30.3 Å². The molecule has 138 valence electrons. The number of benzene rings is 2. The molecular weight excluding hydrogens is 338 g/mol. The van der Waals surface area contributed by atoms with Crippen LogP contribution in [0.3, 0.4) is 0 Å². The molecule has 0 aliphatic rings. The second kappa shape index (κ2) is 9.65. The van der Waals surface area contributed by atoms with Gasteiger partial charge in [0, 0.05) is 26.6 Å². The first-order valence-electron chi connectivity index (χ1n) is 8.46. The molecule has 0 saturated carbocycles. The zero-order valence-electron chi connectivity index (χ0n) is 14.7. The van der Waals surface area contributed by atoms with E-state index in [1.807, 2.05) is 0 Å². The Morgan fingerprint density at radius 1 is 1.00 bits per heavy atom. The van der Waals surface area contributed by atoms with E-state index in [2.05, 4.69) is 5.32 Å². The minimum atomic E-state index is -0.346. The minimum absolute atomic E-state index is 0.130. The van der Waals surface area contributed by atoms with Gasteiger partial charge in [0.15, 0.2) is 0 Å². The number of amides is 2. The number of hydrogen-bond donors (Lipinski definition) is 1. The van der Waals surface area contributed by atoms with E-state index >= 15 is 0 Å². The van der Waals surface area contributed by atoms with Gasteiger partial charge in [-0.25, -0.2) is 8.78 Å². The number of nitrogens with one attached hydrogen (secondary N) is 1. The van der Waals surface area contributed by atoms with Crippen LogP contribution in [-0.2, 0) is 22.4 Å². The Bertz CT molecular complexity index is 748. The van der Waals surface area contributed by atoms with Crippen LogP contribution in [0.25, 0.3) is 0 Å². The van der Waals surface area contributed by atoms with E-state index in [9.17, 15) is 18.4 Å². The summed E-state index contributed by atoms with van der Waals surface area (Å²) in [5, 5.41) is 2.74. The molecule has 0 spiro atoms. The summed E-state index contributed by atoms with van der Waals surface area (Å²) in [7, 11) is 0. The molecule has 0 aromatic heterocycles. The zero-order chi connectivity index (χ0) is 18.9. The fourth-order valence-corrected chi connectivity index (χ4v) is 2.56. The van der Waals surface area contributed by atoms with Crippen molar-refractivity contribution >= 4 is 11.8 Å². The van der Waals surface area contributed by atoms with Gasteiger partial charge in [-0.15, -0.1) is 0 Å². The lowest BCUT2D eigenvalue weighted by Crippen LogP contribution is -2.39. The molecule has 0 heterocycles.